The number of rotatable bonds is 12. The molecule has 3 rings (SSSR count). The lowest BCUT2D eigenvalue weighted by Gasteiger charge is -2.33. The van der Waals surface area contributed by atoms with Gasteiger partial charge in [-0.15, -0.1) is 0 Å². The van der Waals surface area contributed by atoms with E-state index < -0.39 is 36.3 Å². The third kappa shape index (κ3) is 6.07. The Hall–Kier alpha value is -4.85. The number of esters is 1. The summed E-state index contributed by atoms with van der Waals surface area (Å²) in [5, 5.41) is 2.52. The van der Waals surface area contributed by atoms with Gasteiger partial charge in [0.15, 0.2) is 17.2 Å². The number of nitrogen functional groups attached to an aromatic ring is 1. The molecule has 0 radical (unpaired) electrons. The van der Waals surface area contributed by atoms with Crippen LogP contribution >= 0.6 is 11.5 Å². The summed E-state index contributed by atoms with van der Waals surface area (Å²) in [7, 11) is 4.20. The van der Waals surface area contributed by atoms with E-state index in [1.807, 2.05) is 0 Å². The molecule has 0 aliphatic heterocycles. The Balaban J connectivity index is 2.31. The maximum absolute atomic E-state index is 14.2. The molecular formula is C26H29N5O8S. The van der Waals surface area contributed by atoms with Crippen LogP contribution in [0, 0.1) is 0 Å². The molecule has 2 aromatic carbocycles. The van der Waals surface area contributed by atoms with Crippen LogP contribution < -0.4 is 35.9 Å². The predicted octanol–water partition coefficient (Wildman–Crippen LogP) is 1.92. The smallest absolute Gasteiger partial charge is 0.325 e. The van der Waals surface area contributed by atoms with Gasteiger partial charge in [-0.3, -0.25) is 24.1 Å². The Morgan fingerprint density at radius 2 is 1.68 bits per heavy atom. The number of anilines is 2. The first-order valence-corrected chi connectivity index (χ1v) is 12.6. The summed E-state index contributed by atoms with van der Waals surface area (Å²) in [6, 6.07) is 9.79. The van der Waals surface area contributed by atoms with Gasteiger partial charge in [-0.05, 0) is 36.7 Å². The second-order valence-electron chi connectivity index (χ2n) is 7.99. The van der Waals surface area contributed by atoms with Gasteiger partial charge in [-0.2, -0.15) is 4.37 Å². The summed E-state index contributed by atoms with van der Waals surface area (Å²) in [4.78, 5) is 53.0. The van der Waals surface area contributed by atoms with Gasteiger partial charge in [-0.25, -0.2) is 0 Å². The van der Waals surface area contributed by atoms with Crippen LogP contribution in [-0.2, 0) is 14.3 Å². The number of carbonyl (C=O) groups excluding carboxylic acids is 4. The minimum absolute atomic E-state index is 0.112. The van der Waals surface area contributed by atoms with Crippen molar-refractivity contribution in [2.24, 2.45) is 5.73 Å². The molecule has 14 heteroatoms. The van der Waals surface area contributed by atoms with Gasteiger partial charge in [0.2, 0.25) is 5.91 Å². The minimum Gasteiger partial charge on any atom is -0.495 e. The highest BCUT2D eigenvalue weighted by Gasteiger charge is 2.39. The van der Waals surface area contributed by atoms with Gasteiger partial charge in [-0.1, -0.05) is 24.3 Å². The van der Waals surface area contributed by atoms with Crippen molar-refractivity contribution < 1.29 is 38.1 Å². The normalized spacial score (nSPS) is 11.2. The van der Waals surface area contributed by atoms with Crippen molar-refractivity contribution in [1.29, 1.82) is 0 Å². The second kappa shape index (κ2) is 13.3. The summed E-state index contributed by atoms with van der Waals surface area (Å²) >= 11 is 0.646. The highest BCUT2D eigenvalue weighted by molar-refractivity contribution is 7.09. The molecule has 0 aliphatic carbocycles. The highest BCUT2D eigenvalue weighted by atomic mass is 32.1. The summed E-state index contributed by atoms with van der Waals surface area (Å²) in [5.41, 5.74) is 11.3. The van der Waals surface area contributed by atoms with Crippen molar-refractivity contribution in [3.8, 4) is 17.2 Å². The monoisotopic (exact) mass is 571 g/mol. The fourth-order valence-electron chi connectivity index (χ4n) is 3.93. The molecule has 212 valence electrons. The molecule has 0 fully saturated rings. The third-order valence-electron chi connectivity index (χ3n) is 5.67. The number of ether oxygens (including phenoxy) is 4. The molecule has 1 aromatic heterocycles. The van der Waals surface area contributed by atoms with Gasteiger partial charge in [0, 0.05) is 5.56 Å². The number of hydrogen-bond donors (Lipinski definition) is 3. The van der Waals surface area contributed by atoms with Crippen LogP contribution in [0.2, 0.25) is 0 Å². The quantitative estimate of drug-likeness (QED) is 0.271. The number of amides is 3. The van der Waals surface area contributed by atoms with E-state index in [2.05, 4.69) is 9.69 Å². The Morgan fingerprint density at radius 1 is 1.00 bits per heavy atom. The van der Waals surface area contributed by atoms with E-state index >= 15 is 0 Å². The molecule has 3 amide bonds. The van der Waals surface area contributed by atoms with Crippen molar-refractivity contribution >= 4 is 46.6 Å². The first kappa shape index (κ1) is 29.7. The Morgan fingerprint density at radius 3 is 2.27 bits per heavy atom. The molecule has 1 atom stereocenters. The van der Waals surface area contributed by atoms with Crippen LogP contribution in [0.5, 0.6) is 17.2 Å². The number of methoxy groups -OCH3 is 3. The lowest BCUT2D eigenvalue weighted by atomic mass is 10.0. The number of nitrogens with one attached hydrogen (secondary N) is 1. The molecule has 0 unspecified atom stereocenters. The zero-order chi connectivity index (χ0) is 29.4. The van der Waals surface area contributed by atoms with Crippen LogP contribution in [0.25, 0.3) is 0 Å². The van der Waals surface area contributed by atoms with Crippen LogP contribution in [0.4, 0.5) is 11.4 Å². The fourth-order valence-corrected chi connectivity index (χ4v) is 4.67. The van der Waals surface area contributed by atoms with Crippen LogP contribution in [0.1, 0.15) is 38.7 Å². The number of carbonyl (C=O) groups is 4. The summed E-state index contributed by atoms with van der Waals surface area (Å²) in [5.74, 6) is -2.49. The zero-order valence-corrected chi connectivity index (χ0v) is 23.1. The van der Waals surface area contributed by atoms with Crippen LogP contribution in [0.15, 0.2) is 42.5 Å². The van der Waals surface area contributed by atoms with Crippen molar-refractivity contribution in [3.05, 3.63) is 58.6 Å². The van der Waals surface area contributed by atoms with Crippen LogP contribution in [-0.4, -0.2) is 62.5 Å². The molecule has 0 saturated heterocycles. The van der Waals surface area contributed by atoms with Gasteiger partial charge in [0.1, 0.15) is 23.2 Å². The molecule has 1 heterocycles. The van der Waals surface area contributed by atoms with E-state index in [4.69, 9.17) is 30.4 Å². The molecule has 0 bridgehead atoms. The third-order valence-corrected chi connectivity index (χ3v) is 6.52. The average molecular weight is 572 g/mol. The van der Waals surface area contributed by atoms with Gasteiger partial charge in [0.05, 0.1) is 39.3 Å². The van der Waals surface area contributed by atoms with E-state index in [0.29, 0.717) is 11.5 Å². The SMILES string of the molecule is CCOC(=O)CNC(=O)[C@H](c1cccc(OC)c1OC)N(C(=O)c1snc(C(N)=O)c1N)c1ccccc1OC. The second-order valence-corrected chi connectivity index (χ2v) is 8.77. The standard InChI is InChI=1S/C26H29N5O8S/c1-5-39-18(32)13-29-25(34)21(14-9-8-12-17(37-3)22(14)38-4)31(15-10-6-7-11-16(15)36-2)26(35)23-19(27)20(24(28)33)30-40-23/h6-12,21H,5,13,27H2,1-4H3,(H2,28,33)(H,29,34)/t21-/m0/s1. The molecule has 0 saturated carbocycles. The largest absolute Gasteiger partial charge is 0.495 e. The maximum Gasteiger partial charge on any atom is 0.325 e. The Bertz CT molecular complexity index is 1410. The number of para-hydroxylation sites is 3. The van der Waals surface area contributed by atoms with Gasteiger partial charge >= 0.3 is 5.97 Å². The number of benzene rings is 2. The summed E-state index contributed by atoms with van der Waals surface area (Å²) in [6.45, 7) is 1.27. The lowest BCUT2D eigenvalue weighted by molar-refractivity contribution is -0.143. The molecule has 3 aromatic rings. The van der Waals surface area contributed by atoms with E-state index in [1.54, 1.807) is 49.4 Å². The number of primary amides is 1. The minimum atomic E-state index is -1.47. The van der Waals surface area contributed by atoms with Crippen molar-refractivity contribution in [1.82, 2.24) is 9.69 Å². The van der Waals surface area contributed by atoms with Crippen molar-refractivity contribution in [3.63, 3.8) is 0 Å². The van der Waals surface area contributed by atoms with Gasteiger partial charge < -0.3 is 35.7 Å². The number of nitrogens with zero attached hydrogens (tertiary/aromatic N) is 2. The molecular weight excluding hydrogens is 542 g/mol. The number of nitrogens with two attached hydrogens (primary N) is 2. The maximum atomic E-state index is 14.2. The van der Waals surface area contributed by atoms with E-state index in [0.717, 1.165) is 4.90 Å². The first-order chi connectivity index (χ1) is 19.2. The number of hydrogen-bond acceptors (Lipinski definition) is 11. The Labute approximate surface area is 234 Å². The molecule has 0 aliphatic rings. The molecule has 0 spiro atoms. The van der Waals surface area contributed by atoms with Crippen molar-refractivity contribution in [2.75, 3.05) is 45.1 Å². The Kier molecular flexibility index (Phi) is 9.86. The molecule has 40 heavy (non-hydrogen) atoms. The van der Waals surface area contributed by atoms with Gasteiger partial charge in [0.25, 0.3) is 11.8 Å². The predicted molar refractivity (Wildman–Crippen MR) is 147 cm³/mol. The zero-order valence-electron chi connectivity index (χ0n) is 22.3. The highest BCUT2D eigenvalue weighted by Crippen LogP contribution is 2.42. The molecule has 5 N–H and O–H groups in total. The average Bonchev–Trinajstić information content (AvgIpc) is 3.35. The number of aromatic nitrogens is 1. The van der Waals surface area contributed by atoms with E-state index in [1.165, 1.54) is 21.3 Å². The topological polar surface area (TPSA) is 185 Å². The summed E-state index contributed by atoms with van der Waals surface area (Å²) in [6.07, 6.45) is 0. The fraction of sp³-hybridized carbons (Fsp3) is 0.269. The van der Waals surface area contributed by atoms with E-state index in [-0.39, 0.29) is 51.4 Å². The summed E-state index contributed by atoms with van der Waals surface area (Å²) < 4.78 is 25.4. The molecule has 13 nitrogen and oxygen atoms in total. The first-order valence-electron chi connectivity index (χ1n) is 11.9. The van der Waals surface area contributed by atoms with E-state index in [9.17, 15) is 19.2 Å². The lowest BCUT2D eigenvalue weighted by Crippen LogP contribution is -2.45. The van der Waals surface area contributed by atoms with Crippen LogP contribution in [0.3, 0.4) is 0 Å². The van der Waals surface area contributed by atoms with Crippen molar-refractivity contribution in [2.45, 2.75) is 13.0 Å².